The summed E-state index contributed by atoms with van der Waals surface area (Å²) in [6.45, 7) is 2.99. The quantitative estimate of drug-likeness (QED) is 0.456. The average molecular weight is 318 g/mol. The van der Waals surface area contributed by atoms with Crippen LogP contribution in [0.3, 0.4) is 0 Å². The zero-order valence-electron chi connectivity index (χ0n) is 13.4. The number of esters is 2. The zero-order valence-corrected chi connectivity index (χ0v) is 13.4. The molecule has 5 heteroatoms. The van der Waals surface area contributed by atoms with Crippen molar-refractivity contribution < 1.29 is 23.8 Å². The molecule has 1 aliphatic rings. The highest BCUT2D eigenvalue weighted by atomic mass is 16.5. The van der Waals surface area contributed by atoms with E-state index >= 15 is 0 Å². The maximum Gasteiger partial charge on any atom is 0.338 e. The molecule has 5 nitrogen and oxygen atoms in total. The fraction of sp³-hybridized carbons (Fsp3) is 0.444. The van der Waals surface area contributed by atoms with E-state index in [4.69, 9.17) is 14.2 Å². The van der Waals surface area contributed by atoms with Gasteiger partial charge in [0, 0.05) is 0 Å². The normalized spacial score (nSPS) is 14.7. The molecule has 0 saturated carbocycles. The van der Waals surface area contributed by atoms with Crippen LogP contribution in [0.15, 0.2) is 30.4 Å². The van der Waals surface area contributed by atoms with Crippen LogP contribution in [-0.2, 0) is 9.47 Å². The third-order valence-corrected chi connectivity index (χ3v) is 3.43. The molecule has 0 unspecified atom stereocenters. The zero-order chi connectivity index (χ0) is 16.5. The van der Waals surface area contributed by atoms with E-state index in [0.717, 1.165) is 19.3 Å². The summed E-state index contributed by atoms with van der Waals surface area (Å²) in [6.07, 6.45) is 7.64. The SMILES string of the molecule is CCCCCCOc1cc2cc(c1)C(=O)OCC=CCOC2=O. The Bertz CT molecular complexity index is 537. The number of benzene rings is 1. The number of cyclic esters (lactones) is 2. The first-order valence-corrected chi connectivity index (χ1v) is 7.98. The molecule has 1 aliphatic heterocycles. The maximum atomic E-state index is 12.0. The molecule has 2 bridgehead atoms. The van der Waals surface area contributed by atoms with Gasteiger partial charge >= 0.3 is 11.9 Å². The minimum atomic E-state index is -0.484. The van der Waals surface area contributed by atoms with E-state index in [1.165, 1.54) is 12.5 Å². The Hall–Kier alpha value is -2.30. The maximum absolute atomic E-state index is 12.0. The number of unbranched alkanes of at least 4 members (excludes halogenated alkanes) is 3. The molecule has 2 rings (SSSR count). The molecule has 0 aliphatic carbocycles. The van der Waals surface area contributed by atoms with Crippen molar-refractivity contribution in [2.24, 2.45) is 0 Å². The van der Waals surface area contributed by atoms with Crippen molar-refractivity contribution in [2.45, 2.75) is 32.6 Å². The smallest absolute Gasteiger partial charge is 0.338 e. The van der Waals surface area contributed by atoms with E-state index in [-0.39, 0.29) is 13.2 Å². The van der Waals surface area contributed by atoms with Crippen molar-refractivity contribution >= 4 is 11.9 Å². The van der Waals surface area contributed by atoms with Crippen LogP contribution in [0.1, 0.15) is 53.3 Å². The van der Waals surface area contributed by atoms with Gasteiger partial charge in [-0.25, -0.2) is 9.59 Å². The van der Waals surface area contributed by atoms with Gasteiger partial charge in [0.1, 0.15) is 19.0 Å². The van der Waals surface area contributed by atoms with Gasteiger partial charge in [-0.2, -0.15) is 0 Å². The van der Waals surface area contributed by atoms with Crippen molar-refractivity contribution in [2.75, 3.05) is 19.8 Å². The second-order valence-corrected chi connectivity index (χ2v) is 5.32. The third kappa shape index (κ3) is 5.43. The van der Waals surface area contributed by atoms with Crippen LogP contribution in [0.2, 0.25) is 0 Å². The molecule has 0 N–H and O–H groups in total. The van der Waals surface area contributed by atoms with E-state index in [0.29, 0.717) is 23.5 Å². The predicted molar refractivity (Wildman–Crippen MR) is 85.8 cm³/mol. The van der Waals surface area contributed by atoms with Gasteiger partial charge in [-0.05, 0) is 36.8 Å². The Labute approximate surface area is 136 Å². The van der Waals surface area contributed by atoms with Crippen LogP contribution < -0.4 is 4.74 Å². The number of carbonyl (C=O) groups excluding carboxylic acids is 2. The Morgan fingerprint density at radius 3 is 2.09 bits per heavy atom. The van der Waals surface area contributed by atoms with Gasteiger partial charge in [0.05, 0.1) is 17.7 Å². The molecule has 0 atom stereocenters. The van der Waals surface area contributed by atoms with Gasteiger partial charge in [-0.1, -0.05) is 26.2 Å². The summed E-state index contributed by atoms with van der Waals surface area (Å²) in [5.74, 6) is -0.487. The van der Waals surface area contributed by atoms with Gasteiger partial charge in [0.15, 0.2) is 0 Å². The van der Waals surface area contributed by atoms with Crippen LogP contribution in [0.25, 0.3) is 0 Å². The number of hydrogen-bond donors (Lipinski definition) is 0. The number of fused-ring (bicyclic) bond motifs is 2. The summed E-state index contributed by atoms with van der Waals surface area (Å²) in [4.78, 5) is 24.0. The molecule has 23 heavy (non-hydrogen) atoms. The Morgan fingerprint density at radius 1 is 0.913 bits per heavy atom. The van der Waals surface area contributed by atoms with Crippen molar-refractivity contribution in [3.05, 3.63) is 41.5 Å². The highest BCUT2D eigenvalue weighted by Gasteiger charge is 2.16. The number of carbonyl (C=O) groups is 2. The van der Waals surface area contributed by atoms with Gasteiger partial charge in [0.25, 0.3) is 0 Å². The molecule has 0 saturated heterocycles. The van der Waals surface area contributed by atoms with Gasteiger partial charge < -0.3 is 14.2 Å². The lowest BCUT2D eigenvalue weighted by Gasteiger charge is -2.10. The Balaban J connectivity index is 2.12. The standard InChI is InChI=1S/C18H22O5/c1-2-3-4-5-8-21-16-12-14-11-15(13-16)18(20)23-10-7-6-9-22-17(14)19/h6-7,11-13H,2-5,8-10H2,1H3. The summed E-state index contributed by atoms with van der Waals surface area (Å²) < 4.78 is 15.9. The van der Waals surface area contributed by atoms with E-state index in [1.807, 2.05) is 0 Å². The van der Waals surface area contributed by atoms with Crippen LogP contribution >= 0.6 is 0 Å². The summed E-state index contributed by atoms with van der Waals surface area (Å²) in [6, 6.07) is 4.67. The molecule has 0 spiro atoms. The third-order valence-electron chi connectivity index (χ3n) is 3.43. The average Bonchev–Trinajstić information content (AvgIpc) is 2.58. The number of hydrogen-bond acceptors (Lipinski definition) is 5. The monoisotopic (exact) mass is 318 g/mol. The van der Waals surface area contributed by atoms with Crippen LogP contribution in [0.4, 0.5) is 0 Å². The number of rotatable bonds is 6. The lowest BCUT2D eigenvalue weighted by atomic mass is 10.1. The second kappa shape index (κ2) is 8.98. The first-order valence-electron chi connectivity index (χ1n) is 7.98. The van der Waals surface area contributed by atoms with Crippen molar-refractivity contribution in [1.29, 1.82) is 0 Å². The molecule has 1 heterocycles. The molecule has 1 aromatic rings. The topological polar surface area (TPSA) is 61.8 Å². The summed E-state index contributed by atoms with van der Waals surface area (Å²) >= 11 is 0. The van der Waals surface area contributed by atoms with Gasteiger partial charge in [0.2, 0.25) is 0 Å². The summed E-state index contributed by atoms with van der Waals surface area (Å²) in [5, 5.41) is 0. The highest BCUT2D eigenvalue weighted by molar-refractivity contribution is 5.96. The van der Waals surface area contributed by atoms with E-state index in [1.54, 1.807) is 24.3 Å². The van der Waals surface area contributed by atoms with Crippen molar-refractivity contribution in [1.82, 2.24) is 0 Å². The first kappa shape index (κ1) is 17.1. The van der Waals surface area contributed by atoms with E-state index < -0.39 is 11.9 Å². The Morgan fingerprint density at radius 2 is 1.52 bits per heavy atom. The summed E-state index contributed by atoms with van der Waals surface area (Å²) in [7, 11) is 0. The molecule has 0 amide bonds. The van der Waals surface area contributed by atoms with Crippen LogP contribution in [-0.4, -0.2) is 31.8 Å². The minimum absolute atomic E-state index is 0.147. The fourth-order valence-corrected chi connectivity index (χ4v) is 2.19. The molecular formula is C18H22O5. The molecule has 124 valence electrons. The van der Waals surface area contributed by atoms with Gasteiger partial charge in [-0.3, -0.25) is 0 Å². The largest absolute Gasteiger partial charge is 0.494 e. The number of ether oxygens (including phenoxy) is 3. The molecule has 0 aromatic heterocycles. The molecular weight excluding hydrogens is 296 g/mol. The molecule has 0 radical (unpaired) electrons. The van der Waals surface area contributed by atoms with E-state index in [2.05, 4.69) is 6.92 Å². The van der Waals surface area contributed by atoms with Gasteiger partial charge in [-0.15, -0.1) is 0 Å². The van der Waals surface area contributed by atoms with Crippen molar-refractivity contribution in [3.8, 4) is 5.75 Å². The van der Waals surface area contributed by atoms with Crippen LogP contribution in [0.5, 0.6) is 5.75 Å². The summed E-state index contributed by atoms with van der Waals surface area (Å²) in [5.41, 5.74) is 0.580. The van der Waals surface area contributed by atoms with Crippen molar-refractivity contribution in [3.63, 3.8) is 0 Å². The first-order chi connectivity index (χ1) is 11.2. The van der Waals surface area contributed by atoms with E-state index in [9.17, 15) is 9.59 Å². The lowest BCUT2D eigenvalue weighted by molar-refractivity contribution is 0.0538. The fourth-order valence-electron chi connectivity index (χ4n) is 2.19. The predicted octanol–water partition coefficient (Wildman–Crippen LogP) is 3.53. The second-order valence-electron chi connectivity index (χ2n) is 5.32. The highest BCUT2D eigenvalue weighted by Crippen LogP contribution is 2.20. The Kier molecular flexibility index (Phi) is 6.66. The molecule has 1 aromatic carbocycles. The van der Waals surface area contributed by atoms with Crippen LogP contribution in [0, 0.1) is 0 Å². The lowest BCUT2D eigenvalue weighted by Crippen LogP contribution is -2.09. The molecule has 0 fully saturated rings. The minimum Gasteiger partial charge on any atom is -0.494 e.